The largest absolute Gasteiger partial charge is 0.382 e. The Balaban J connectivity index is 1.96. The minimum atomic E-state index is 0.318. The first kappa shape index (κ1) is 9.94. The molecule has 1 saturated carbocycles. The lowest BCUT2D eigenvalue weighted by Crippen LogP contribution is -2.35. The number of nitrogens with zero attached hydrogens (tertiary/aromatic N) is 1. The van der Waals surface area contributed by atoms with Crippen LogP contribution in [0.25, 0.3) is 0 Å². The zero-order valence-electron chi connectivity index (χ0n) is 9.84. The minimum Gasteiger partial charge on any atom is -0.382 e. The van der Waals surface area contributed by atoms with Crippen LogP contribution in [-0.2, 0) is 0 Å². The van der Waals surface area contributed by atoms with Crippen molar-refractivity contribution in [3.8, 4) is 0 Å². The van der Waals surface area contributed by atoms with Crippen molar-refractivity contribution in [1.82, 2.24) is 4.98 Å². The lowest BCUT2D eigenvalue weighted by molar-refractivity contribution is 0.459. The molecule has 2 aliphatic rings. The van der Waals surface area contributed by atoms with Crippen molar-refractivity contribution in [1.29, 1.82) is 0 Å². The van der Waals surface area contributed by atoms with Gasteiger partial charge >= 0.3 is 0 Å². The summed E-state index contributed by atoms with van der Waals surface area (Å²) in [5, 5.41) is 7.18. The summed E-state index contributed by atoms with van der Waals surface area (Å²) < 4.78 is 0. The summed E-state index contributed by atoms with van der Waals surface area (Å²) in [6, 6.07) is 4.21. The number of pyridine rings is 1. The first-order valence-electron chi connectivity index (χ1n) is 6.27. The molecule has 86 valence electrons. The lowest BCUT2D eigenvalue weighted by Gasteiger charge is -2.29. The quantitative estimate of drug-likeness (QED) is 0.701. The first-order chi connectivity index (χ1) is 7.77. The highest BCUT2D eigenvalue weighted by Gasteiger charge is 2.35. The molecular weight excluding hydrogens is 198 g/mol. The van der Waals surface area contributed by atoms with Gasteiger partial charge in [0, 0.05) is 17.8 Å². The summed E-state index contributed by atoms with van der Waals surface area (Å²) in [6.45, 7) is 3.11. The van der Waals surface area contributed by atoms with Gasteiger partial charge in [-0.05, 0) is 38.3 Å². The number of hydrogen-bond donors (Lipinski definition) is 2. The molecule has 0 amide bonds. The molecule has 1 spiro atoms. The van der Waals surface area contributed by atoms with Gasteiger partial charge in [0.2, 0.25) is 0 Å². The molecule has 0 atom stereocenters. The van der Waals surface area contributed by atoms with Crippen LogP contribution in [-0.4, -0.2) is 17.1 Å². The Labute approximate surface area is 96.7 Å². The maximum absolute atomic E-state index is 4.62. The first-order valence-corrected chi connectivity index (χ1v) is 6.27. The number of aryl methyl sites for hydroxylation is 1. The minimum absolute atomic E-state index is 0.318. The second kappa shape index (κ2) is 3.65. The van der Waals surface area contributed by atoms with E-state index in [1.165, 1.54) is 32.1 Å². The van der Waals surface area contributed by atoms with Crippen LogP contribution in [0.15, 0.2) is 12.1 Å². The summed E-state index contributed by atoms with van der Waals surface area (Å²) >= 11 is 0. The van der Waals surface area contributed by atoms with Gasteiger partial charge in [-0.25, -0.2) is 4.98 Å². The van der Waals surface area contributed by atoms with Crippen LogP contribution in [0.5, 0.6) is 0 Å². The standard InChI is InChI=1S/C13H19N3/c1-10-4-5-11-12(15-10)16-13(8-9-14-11)6-2-3-7-13/h4-5,14H,2-3,6-9H2,1H3,(H,15,16). The van der Waals surface area contributed by atoms with E-state index in [4.69, 9.17) is 0 Å². The predicted octanol–water partition coefficient (Wildman–Crippen LogP) is 2.93. The fraction of sp³-hybridized carbons (Fsp3) is 0.615. The third-order valence-corrected chi connectivity index (χ3v) is 3.90. The summed E-state index contributed by atoms with van der Waals surface area (Å²) in [6.07, 6.45) is 6.51. The molecule has 0 aromatic carbocycles. The van der Waals surface area contributed by atoms with E-state index >= 15 is 0 Å². The van der Waals surface area contributed by atoms with Crippen LogP contribution in [0.4, 0.5) is 11.5 Å². The molecule has 0 unspecified atom stereocenters. The van der Waals surface area contributed by atoms with Gasteiger partial charge in [-0.2, -0.15) is 0 Å². The molecule has 1 aliphatic carbocycles. The van der Waals surface area contributed by atoms with Crippen LogP contribution in [0.3, 0.4) is 0 Å². The van der Waals surface area contributed by atoms with Crippen LogP contribution < -0.4 is 10.6 Å². The van der Waals surface area contributed by atoms with Crippen molar-refractivity contribution < 1.29 is 0 Å². The van der Waals surface area contributed by atoms with Crippen molar-refractivity contribution in [2.24, 2.45) is 0 Å². The van der Waals surface area contributed by atoms with Gasteiger partial charge in [0.25, 0.3) is 0 Å². The highest BCUT2D eigenvalue weighted by atomic mass is 15.1. The monoisotopic (exact) mass is 217 g/mol. The molecule has 0 saturated heterocycles. The molecule has 2 heterocycles. The molecule has 1 aromatic heterocycles. The van der Waals surface area contributed by atoms with Crippen molar-refractivity contribution in [2.45, 2.75) is 44.6 Å². The van der Waals surface area contributed by atoms with Crippen LogP contribution in [0.2, 0.25) is 0 Å². The topological polar surface area (TPSA) is 37.0 Å². The third-order valence-electron chi connectivity index (χ3n) is 3.90. The van der Waals surface area contributed by atoms with E-state index in [9.17, 15) is 0 Å². The highest BCUT2D eigenvalue weighted by Crippen LogP contribution is 2.38. The predicted molar refractivity (Wildman–Crippen MR) is 66.9 cm³/mol. The van der Waals surface area contributed by atoms with Crippen LogP contribution in [0, 0.1) is 6.92 Å². The summed E-state index contributed by atoms with van der Waals surface area (Å²) in [5.41, 5.74) is 2.57. The van der Waals surface area contributed by atoms with E-state index in [0.29, 0.717) is 5.54 Å². The summed E-state index contributed by atoms with van der Waals surface area (Å²) in [4.78, 5) is 4.62. The molecule has 3 heteroatoms. The van der Waals surface area contributed by atoms with E-state index in [1.54, 1.807) is 0 Å². The van der Waals surface area contributed by atoms with E-state index < -0.39 is 0 Å². The lowest BCUT2D eigenvalue weighted by atomic mass is 9.93. The van der Waals surface area contributed by atoms with Crippen molar-refractivity contribution >= 4 is 11.5 Å². The molecule has 16 heavy (non-hydrogen) atoms. The van der Waals surface area contributed by atoms with Gasteiger partial charge < -0.3 is 10.6 Å². The van der Waals surface area contributed by atoms with Gasteiger partial charge in [0.15, 0.2) is 0 Å². The summed E-state index contributed by atoms with van der Waals surface area (Å²) in [5.74, 6) is 1.06. The van der Waals surface area contributed by atoms with E-state index in [2.05, 4.69) is 27.8 Å². The molecule has 2 N–H and O–H groups in total. The zero-order chi connectivity index (χ0) is 11.0. The van der Waals surface area contributed by atoms with Crippen LogP contribution >= 0.6 is 0 Å². The molecule has 1 fully saturated rings. The normalized spacial score (nSPS) is 22.1. The molecule has 0 radical (unpaired) electrons. The number of nitrogens with one attached hydrogen (secondary N) is 2. The van der Waals surface area contributed by atoms with E-state index in [1.807, 2.05) is 6.92 Å². The highest BCUT2D eigenvalue weighted by molar-refractivity contribution is 5.66. The van der Waals surface area contributed by atoms with E-state index in [0.717, 1.165) is 23.7 Å². The Morgan fingerprint density at radius 3 is 2.81 bits per heavy atom. The Morgan fingerprint density at radius 2 is 2.00 bits per heavy atom. The summed E-state index contributed by atoms with van der Waals surface area (Å²) in [7, 11) is 0. The maximum Gasteiger partial charge on any atom is 0.150 e. The molecule has 3 rings (SSSR count). The average molecular weight is 217 g/mol. The van der Waals surface area contributed by atoms with Crippen molar-refractivity contribution in [3.63, 3.8) is 0 Å². The Kier molecular flexibility index (Phi) is 2.27. The Hall–Kier alpha value is -1.25. The molecular formula is C13H19N3. The van der Waals surface area contributed by atoms with Gasteiger partial charge in [0.05, 0.1) is 5.69 Å². The smallest absolute Gasteiger partial charge is 0.150 e. The van der Waals surface area contributed by atoms with Gasteiger partial charge in [0.1, 0.15) is 5.82 Å². The van der Waals surface area contributed by atoms with Gasteiger partial charge in [-0.15, -0.1) is 0 Å². The zero-order valence-corrected chi connectivity index (χ0v) is 9.84. The van der Waals surface area contributed by atoms with Crippen molar-refractivity contribution in [3.05, 3.63) is 17.8 Å². The van der Waals surface area contributed by atoms with Crippen molar-refractivity contribution in [2.75, 3.05) is 17.2 Å². The maximum atomic E-state index is 4.62. The number of anilines is 2. The van der Waals surface area contributed by atoms with Gasteiger partial charge in [-0.1, -0.05) is 12.8 Å². The molecule has 0 bridgehead atoms. The second-order valence-corrected chi connectivity index (χ2v) is 5.14. The Morgan fingerprint density at radius 1 is 1.19 bits per heavy atom. The molecule has 1 aromatic rings. The molecule has 1 aliphatic heterocycles. The number of rotatable bonds is 0. The fourth-order valence-electron chi connectivity index (χ4n) is 2.97. The molecule has 3 nitrogen and oxygen atoms in total. The number of hydrogen-bond acceptors (Lipinski definition) is 3. The third kappa shape index (κ3) is 1.64. The van der Waals surface area contributed by atoms with E-state index in [-0.39, 0.29) is 0 Å². The van der Waals surface area contributed by atoms with Crippen LogP contribution in [0.1, 0.15) is 37.8 Å². The SMILES string of the molecule is Cc1ccc2c(n1)NC1(CCCC1)CCN2. The Bertz CT molecular complexity index is 394. The van der Waals surface area contributed by atoms with Gasteiger partial charge in [-0.3, -0.25) is 0 Å². The number of fused-ring (bicyclic) bond motifs is 1. The fourth-order valence-corrected chi connectivity index (χ4v) is 2.97. The average Bonchev–Trinajstić information content (AvgIpc) is 2.61. The second-order valence-electron chi connectivity index (χ2n) is 5.14. The number of aromatic nitrogens is 1.